The minimum absolute atomic E-state index is 0.00247. The highest BCUT2D eigenvalue weighted by Crippen LogP contribution is 2.29. The van der Waals surface area contributed by atoms with Crippen molar-refractivity contribution >= 4 is 21.8 Å². The van der Waals surface area contributed by atoms with Gasteiger partial charge < -0.3 is 9.80 Å². The second kappa shape index (κ2) is 9.94. The van der Waals surface area contributed by atoms with Crippen molar-refractivity contribution in [3.8, 4) is 0 Å². The number of piperazine rings is 1. The second-order valence-corrected chi connectivity index (χ2v) is 10.9. The normalized spacial score (nSPS) is 17.0. The maximum Gasteiger partial charge on any atom is 0.282 e. The van der Waals surface area contributed by atoms with Gasteiger partial charge in [-0.05, 0) is 29.7 Å². The third kappa shape index (κ3) is 4.78. The third-order valence-corrected chi connectivity index (χ3v) is 8.54. The van der Waals surface area contributed by atoms with Gasteiger partial charge in [-0.15, -0.1) is 0 Å². The number of carbonyl (C=O) groups excluding carboxylic acids is 1. The first kappa shape index (κ1) is 26.3. The molecule has 13 heteroatoms. The Labute approximate surface area is 205 Å². The number of hydrogen-bond donors (Lipinski definition) is 0. The molecule has 4 rings (SSSR count). The van der Waals surface area contributed by atoms with Crippen molar-refractivity contribution in [2.24, 2.45) is 0 Å². The van der Waals surface area contributed by atoms with Gasteiger partial charge in [-0.1, -0.05) is 6.07 Å². The highest BCUT2D eigenvalue weighted by molar-refractivity contribution is 7.86. The van der Waals surface area contributed by atoms with Gasteiger partial charge in [-0.25, -0.2) is 22.0 Å². The van der Waals surface area contributed by atoms with Crippen LogP contribution in [0.5, 0.6) is 0 Å². The number of rotatable bonds is 5. The Balaban J connectivity index is 1.48. The number of fused-ring (bicyclic) bond motifs is 1. The third-order valence-electron chi connectivity index (χ3n) is 6.66. The molecule has 0 radical (unpaired) electrons. The molecule has 0 saturated carbocycles. The zero-order valence-electron chi connectivity index (χ0n) is 19.7. The fraction of sp³-hybridized carbons (Fsp3) is 0.435. The van der Waals surface area contributed by atoms with Crippen LogP contribution in [0.4, 0.5) is 27.6 Å². The zero-order valence-corrected chi connectivity index (χ0v) is 20.5. The minimum atomic E-state index is -4.27. The van der Waals surface area contributed by atoms with E-state index in [-0.39, 0.29) is 19.0 Å². The number of halogens is 5. The molecule has 1 fully saturated rings. The van der Waals surface area contributed by atoms with E-state index in [1.54, 1.807) is 4.90 Å². The molecule has 0 atom stereocenters. The first-order valence-corrected chi connectivity index (χ1v) is 12.7. The first-order valence-electron chi connectivity index (χ1n) is 11.3. The molecule has 0 bridgehead atoms. The van der Waals surface area contributed by atoms with E-state index >= 15 is 0 Å². The zero-order chi connectivity index (χ0) is 26.4. The second-order valence-electron chi connectivity index (χ2n) is 8.84. The van der Waals surface area contributed by atoms with Crippen molar-refractivity contribution in [1.82, 2.24) is 13.5 Å². The van der Waals surface area contributed by atoms with Crippen LogP contribution < -0.4 is 4.90 Å². The van der Waals surface area contributed by atoms with Crippen LogP contribution in [-0.4, -0.2) is 67.6 Å². The Morgan fingerprint density at radius 2 is 1.47 bits per heavy atom. The Morgan fingerprint density at radius 1 is 0.889 bits per heavy atom. The molecule has 2 aliphatic heterocycles. The molecular weight excluding hydrogens is 507 g/mol. The lowest BCUT2D eigenvalue weighted by molar-refractivity contribution is -0.129. The number of anilines is 1. The minimum Gasteiger partial charge on any atom is -0.368 e. The number of benzene rings is 2. The summed E-state index contributed by atoms with van der Waals surface area (Å²) in [6.07, 6.45) is 0.381. The SMILES string of the molecule is CC(=O)N1CCN(c2ccc3c(c2)CCN(S(=O)(=O)N(C)Cc2c(F)c(F)c(F)c(F)c2F)C3)CC1. The summed E-state index contributed by atoms with van der Waals surface area (Å²) < 4.78 is 96.3. The molecule has 2 aromatic rings. The van der Waals surface area contributed by atoms with Gasteiger partial charge in [-0.3, -0.25) is 4.79 Å². The molecule has 0 aliphatic carbocycles. The predicted molar refractivity (Wildman–Crippen MR) is 122 cm³/mol. The smallest absolute Gasteiger partial charge is 0.282 e. The van der Waals surface area contributed by atoms with Crippen molar-refractivity contribution in [2.45, 2.75) is 26.4 Å². The molecule has 2 heterocycles. The van der Waals surface area contributed by atoms with E-state index in [1.807, 2.05) is 18.2 Å². The van der Waals surface area contributed by atoms with Crippen LogP contribution in [0.25, 0.3) is 0 Å². The maximum absolute atomic E-state index is 14.1. The summed E-state index contributed by atoms with van der Waals surface area (Å²) >= 11 is 0. The average Bonchev–Trinajstić information content (AvgIpc) is 2.88. The predicted octanol–water partition coefficient (Wildman–Crippen LogP) is 2.79. The molecule has 0 spiro atoms. The largest absolute Gasteiger partial charge is 0.368 e. The molecule has 0 unspecified atom stereocenters. The van der Waals surface area contributed by atoms with Gasteiger partial charge in [0.05, 0.1) is 0 Å². The summed E-state index contributed by atoms with van der Waals surface area (Å²) in [6, 6.07) is 5.67. The van der Waals surface area contributed by atoms with Gasteiger partial charge in [-0.2, -0.15) is 17.0 Å². The van der Waals surface area contributed by atoms with Crippen LogP contribution in [0.1, 0.15) is 23.6 Å². The molecule has 2 aliphatic rings. The summed E-state index contributed by atoms with van der Waals surface area (Å²) in [6.45, 7) is 3.19. The van der Waals surface area contributed by atoms with Crippen molar-refractivity contribution in [3.05, 3.63) is 64.0 Å². The number of carbonyl (C=O) groups is 1. The lowest BCUT2D eigenvalue weighted by Crippen LogP contribution is -2.48. The van der Waals surface area contributed by atoms with E-state index in [9.17, 15) is 35.2 Å². The van der Waals surface area contributed by atoms with Gasteiger partial charge in [0.15, 0.2) is 23.3 Å². The van der Waals surface area contributed by atoms with E-state index in [1.165, 1.54) is 6.92 Å². The molecule has 2 aromatic carbocycles. The number of hydrogen-bond acceptors (Lipinski definition) is 4. The Hall–Kier alpha value is -2.77. The van der Waals surface area contributed by atoms with E-state index in [4.69, 9.17) is 0 Å². The lowest BCUT2D eigenvalue weighted by atomic mass is 10.00. The van der Waals surface area contributed by atoms with Crippen LogP contribution in [0, 0.1) is 29.1 Å². The van der Waals surface area contributed by atoms with Crippen LogP contribution in [0.15, 0.2) is 18.2 Å². The van der Waals surface area contributed by atoms with Crippen LogP contribution in [0.3, 0.4) is 0 Å². The van der Waals surface area contributed by atoms with Crippen LogP contribution >= 0.6 is 0 Å². The van der Waals surface area contributed by atoms with E-state index in [0.717, 1.165) is 28.2 Å². The van der Waals surface area contributed by atoms with Crippen molar-refractivity contribution in [2.75, 3.05) is 44.7 Å². The number of amides is 1. The topological polar surface area (TPSA) is 64.2 Å². The van der Waals surface area contributed by atoms with Crippen LogP contribution in [-0.2, 0) is 34.5 Å². The molecule has 1 amide bonds. The molecule has 1 saturated heterocycles. The van der Waals surface area contributed by atoms with Gasteiger partial charge in [0, 0.05) is 71.0 Å². The first-order chi connectivity index (χ1) is 16.9. The summed E-state index contributed by atoms with van der Waals surface area (Å²) in [5, 5.41) is 0. The maximum atomic E-state index is 14.1. The van der Waals surface area contributed by atoms with Gasteiger partial charge in [0.25, 0.3) is 10.2 Å². The number of nitrogens with zero attached hydrogens (tertiary/aromatic N) is 4. The summed E-state index contributed by atoms with van der Waals surface area (Å²) in [5.41, 5.74) is 1.46. The molecule has 7 nitrogen and oxygen atoms in total. The average molecular weight is 533 g/mol. The van der Waals surface area contributed by atoms with Gasteiger partial charge >= 0.3 is 0 Å². The van der Waals surface area contributed by atoms with Crippen molar-refractivity contribution in [1.29, 1.82) is 0 Å². The van der Waals surface area contributed by atoms with Crippen molar-refractivity contribution < 1.29 is 35.2 Å². The summed E-state index contributed by atoms with van der Waals surface area (Å²) in [7, 11) is -3.25. The Bertz CT molecular complexity index is 1270. The fourth-order valence-electron chi connectivity index (χ4n) is 4.48. The van der Waals surface area contributed by atoms with Gasteiger partial charge in [0.2, 0.25) is 11.7 Å². The van der Waals surface area contributed by atoms with E-state index in [2.05, 4.69) is 4.90 Å². The Morgan fingerprint density at radius 3 is 2.06 bits per heavy atom. The molecule has 0 N–H and O–H groups in total. The Kier molecular flexibility index (Phi) is 7.26. The van der Waals surface area contributed by atoms with E-state index < -0.39 is 51.4 Å². The quantitative estimate of drug-likeness (QED) is 0.338. The highest BCUT2D eigenvalue weighted by atomic mass is 32.2. The monoisotopic (exact) mass is 532 g/mol. The van der Waals surface area contributed by atoms with Crippen molar-refractivity contribution in [3.63, 3.8) is 0 Å². The van der Waals surface area contributed by atoms with Gasteiger partial charge in [0.1, 0.15) is 0 Å². The van der Waals surface area contributed by atoms with Crippen LogP contribution in [0.2, 0.25) is 0 Å². The highest BCUT2D eigenvalue weighted by Gasteiger charge is 2.33. The molecule has 196 valence electrons. The summed E-state index contributed by atoms with van der Waals surface area (Å²) in [5.74, 6) is -10.6. The molecule has 0 aromatic heterocycles. The lowest BCUT2D eigenvalue weighted by Gasteiger charge is -2.36. The van der Waals surface area contributed by atoms with E-state index in [0.29, 0.717) is 36.9 Å². The molecule has 36 heavy (non-hydrogen) atoms. The standard InChI is InChI=1S/C23H25F5N4O3S/c1-14(33)30-7-9-31(10-8-30)17-4-3-16-12-32(6-5-15(16)11-17)36(34,35)29(2)13-18-19(24)21(26)23(28)22(27)20(18)25/h3-4,11H,5-10,12-13H2,1-2H3. The fourth-order valence-corrected chi connectivity index (χ4v) is 5.79. The summed E-state index contributed by atoms with van der Waals surface area (Å²) in [4.78, 5) is 15.5. The molecular formula is C23H25F5N4O3S.